The lowest BCUT2D eigenvalue weighted by Crippen LogP contribution is -2.36. The molecular formula is C21H30N4O4S. The number of aliphatic imine (C=N–C) groups is 1. The molecule has 0 aromatic heterocycles. The van der Waals surface area contributed by atoms with E-state index in [1.165, 1.54) is 7.11 Å². The maximum absolute atomic E-state index is 12.4. The molecule has 0 amide bonds. The average Bonchev–Trinajstić information content (AvgIpc) is 2.76. The Morgan fingerprint density at radius 3 is 2.47 bits per heavy atom. The van der Waals surface area contributed by atoms with Gasteiger partial charge < -0.3 is 20.1 Å². The topological polar surface area (TPSA) is 101 Å². The Balaban J connectivity index is 2.02. The van der Waals surface area contributed by atoms with E-state index >= 15 is 0 Å². The van der Waals surface area contributed by atoms with E-state index in [2.05, 4.69) is 20.3 Å². The summed E-state index contributed by atoms with van der Waals surface area (Å²) in [7, 11) is -0.412. The summed E-state index contributed by atoms with van der Waals surface area (Å²) >= 11 is 0. The van der Waals surface area contributed by atoms with E-state index in [1.807, 2.05) is 37.3 Å². The van der Waals surface area contributed by atoms with Crippen molar-refractivity contribution in [1.82, 2.24) is 15.4 Å². The van der Waals surface area contributed by atoms with Crippen molar-refractivity contribution in [1.29, 1.82) is 0 Å². The van der Waals surface area contributed by atoms with Crippen LogP contribution in [-0.4, -0.2) is 48.3 Å². The summed E-state index contributed by atoms with van der Waals surface area (Å²) in [4.78, 5) is 4.78. The van der Waals surface area contributed by atoms with Gasteiger partial charge in [-0.1, -0.05) is 24.3 Å². The van der Waals surface area contributed by atoms with Crippen molar-refractivity contribution in [2.45, 2.75) is 24.9 Å². The van der Waals surface area contributed by atoms with Crippen LogP contribution < -0.4 is 20.1 Å². The molecule has 0 aliphatic carbocycles. The van der Waals surface area contributed by atoms with E-state index in [9.17, 15) is 8.42 Å². The smallest absolute Gasteiger partial charge is 0.240 e. The minimum atomic E-state index is -3.58. The molecule has 0 saturated heterocycles. The van der Waals surface area contributed by atoms with Crippen LogP contribution in [0, 0.1) is 0 Å². The molecule has 0 heterocycles. The van der Waals surface area contributed by atoms with Gasteiger partial charge >= 0.3 is 0 Å². The van der Waals surface area contributed by atoms with Crippen LogP contribution in [0.4, 0.5) is 0 Å². The number of rotatable bonds is 11. The number of nitrogens with zero attached hydrogens (tertiary/aromatic N) is 1. The number of hydrogen-bond acceptors (Lipinski definition) is 5. The van der Waals surface area contributed by atoms with Gasteiger partial charge in [0, 0.05) is 26.7 Å². The van der Waals surface area contributed by atoms with Gasteiger partial charge in [0.1, 0.15) is 5.75 Å². The second-order valence-electron chi connectivity index (χ2n) is 6.43. The summed E-state index contributed by atoms with van der Waals surface area (Å²) < 4.78 is 37.3. The normalized spacial score (nSPS) is 11.9. The van der Waals surface area contributed by atoms with Gasteiger partial charge in [0.25, 0.3) is 0 Å². The van der Waals surface area contributed by atoms with Crippen LogP contribution in [-0.2, 0) is 27.8 Å². The molecule has 0 aliphatic heterocycles. The Morgan fingerprint density at radius 2 is 1.80 bits per heavy atom. The largest absolute Gasteiger partial charge is 0.497 e. The van der Waals surface area contributed by atoms with E-state index < -0.39 is 10.0 Å². The second-order valence-corrected chi connectivity index (χ2v) is 8.20. The number of guanidine groups is 1. The van der Waals surface area contributed by atoms with E-state index in [4.69, 9.17) is 9.47 Å². The molecule has 8 nitrogen and oxygen atoms in total. The molecule has 0 fully saturated rings. The van der Waals surface area contributed by atoms with Crippen molar-refractivity contribution < 1.29 is 17.9 Å². The lowest BCUT2D eigenvalue weighted by Gasteiger charge is -2.12. The molecule has 0 bridgehead atoms. The van der Waals surface area contributed by atoms with Gasteiger partial charge in [-0.3, -0.25) is 0 Å². The van der Waals surface area contributed by atoms with Gasteiger partial charge in [-0.25, -0.2) is 18.1 Å². The van der Waals surface area contributed by atoms with Crippen LogP contribution in [0.15, 0.2) is 58.4 Å². The monoisotopic (exact) mass is 434 g/mol. The zero-order chi connectivity index (χ0) is 21.8. The van der Waals surface area contributed by atoms with Crippen LogP contribution in [0.5, 0.6) is 5.75 Å². The van der Waals surface area contributed by atoms with Crippen LogP contribution in [0.1, 0.15) is 18.1 Å². The molecule has 3 N–H and O–H groups in total. The molecule has 0 spiro atoms. The Morgan fingerprint density at radius 1 is 1.03 bits per heavy atom. The summed E-state index contributed by atoms with van der Waals surface area (Å²) in [5.74, 6) is 1.46. The van der Waals surface area contributed by atoms with Gasteiger partial charge in [-0.15, -0.1) is 0 Å². The van der Waals surface area contributed by atoms with Gasteiger partial charge in [0.15, 0.2) is 5.96 Å². The zero-order valence-electron chi connectivity index (χ0n) is 17.6. The molecule has 0 saturated carbocycles. The second kappa shape index (κ2) is 12.2. The van der Waals surface area contributed by atoms with Crippen molar-refractivity contribution in [3.8, 4) is 5.75 Å². The van der Waals surface area contributed by atoms with Gasteiger partial charge in [0.2, 0.25) is 10.0 Å². The minimum Gasteiger partial charge on any atom is -0.497 e. The van der Waals surface area contributed by atoms with Gasteiger partial charge in [0.05, 0.1) is 25.2 Å². The standard InChI is InChI=1S/C21H30N4O4S/c1-4-22-21(23-15-17-8-10-19(29-3)11-9-17)24-16-18-6-5-7-20(14-18)30(26,27)25-12-13-28-2/h5-11,14,25H,4,12-13,15-16H2,1-3H3,(H2,22,23,24). The Hall–Kier alpha value is -2.62. The molecule has 2 rings (SSSR count). The first-order valence-electron chi connectivity index (χ1n) is 9.71. The number of hydrogen-bond donors (Lipinski definition) is 3. The average molecular weight is 435 g/mol. The van der Waals surface area contributed by atoms with Crippen molar-refractivity contribution >= 4 is 16.0 Å². The quantitative estimate of drug-likeness (QED) is 0.284. The van der Waals surface area contributed by atoms with Crippen LogP contribution in [0.25, 0.3) is 0 Å². The highest BCUT2D eigenvalue weighted by Gasteiger charge is 2.13. The van der Waals surface area contributed by atoms with Crippen molar-refractivity contribution in [3.05, 3.63) is 59.7 Å². The van der Waals surface area contributed by atoms with Crippen molar-refractivity contribution in [3.63, 3.8) is 0 Å². The number of nitrogens with one attached hydrogen (secondary N) is 3. The number of ether oxygens (including phenoxy) is 2. The van der Waals surface area contributed by atoms with Crippen LogP contribution in [0.2, 0.25) is 0 Å². The Labute approximate surface area is 178 Å². The highest BCUT2D eigenvalue weighted by Crippen LogP contribution is 2.13. The minimum absolute atomic E-state index is 0.211. The number of benzene rings is 2. The van der Waals surface area contributed by atoms with Gasteiger partial charge in [-0.05, 0) is 42.3 Å². The van der Waals surface area contributed by atoms with E-state index in [0.29, 0.717) is 32.2 Å². The highest BCUT2D eigenvalue weighted by molar-refractivity contribution is 7.89. The zero-order valence-corrected chi connectivity index (χ0v) is 18.5. The molecule has 0 aliphatic rings. The summed E-state index contributed by atoms with van der Waals surface area (Å²) in [6.45, 7) is 4.19. The lowest BCUT2D eigenvalue weighted by atomic mass is 10.2. The molecule has 164 valence electrons. The first-order chi connectivity index (χ1) is 14.5. The van der Waals surface area contributed by atoms with Crippen molar-refractivity contribution in [2.24, 2.45) is 4.99 Å². The highest BCUT2D eigenvalue weighted by atomic mass is 32.2. The predicted octanol–water partition coefficient (Wildman–Crippen LogP) is 1.88. The Bertz CT molecular complexity index is 915. The molecule has 2 aromatic carbocycles. The third-order valence-electron chi connectivity index (χ3n) is 4.19. The molecule has 9 heteroatoms. The first-order valence-corrected chi connectivity index (χ1v) is 11.2. The fourth-order valence-corrected chi connectivity index (χ4v) is 3.70. The van der Waals surface area contributed by atoms with Crippen LogP contribution >= 0.6 is 0 Å². The van der Waals surface area contributed by atoms with Crippen LogP contribution in [0.3, 0.4) is 0 Å². The third kappa shape index (κ3) is 7.66. The van der Waals surface area contributed by atoms with Gasteiger partial charge in [-0.2, -0.15) is 0 Å². The summed E-state index contributed by atoms with van der Waals surface area (Å²) in [5, 5.41) is 6.47. The predicted molar refractivity (Wildman–Crippen MR) is 118 cm³/mol. The molecule has 0 unspecified atom stereocenters. The van der Waals surface area contributed by atoms with E-state index in [1.54, 1.807) is 25.3 Å². The number of sulfonamides is 1. The summed E-state index contributed by atoms with van der Waals surface area (Å²) in [5.41, 5.74) is 1.89. The maximum Gasteiger partial charge on any atom is 0.240 e. The SMILES string of the molecule is CCNC(=NCc1cccc(S(=O)(=O)NCCOC)c1)NCc1ccc(OC)cc1. The summed E-state index contributed by atoms with van der Waals surface area (Å²) in [6.07, 6.45) is 0. The number of methoxy groups -OCH3 is 2. The molecule has 0 radical (unpaired) electrons. The first kappa shape index (κ1) is 23.7. The molecule has 30 heavy (non-hydrogen) atoms. The van der Waals surface area contributed by atoms with E-state index in [0.717, 1.165) is 16.9 Å². The molecule has 0 atom stereocenters. The fraction of sp³-hybridized carbons (Fsp3) is 0.381. The van der Waals surface area contributed by atoms with E-state index in [-0.39, 0.29) is 11.4 Å². The fourth-order valence-electron chi connectivity index (χ4n) is 2.61. The van der Waals surface area contributed by atoms with Crippen molar-refractivity contribution in [2.75, 3.05) is 33.9 Å². The Kier molecular flexibility index (Phi) is 9.59. The summed E-state index contributed by atoms with van der Waals surface area (Å²) in [6, 6.07) is 14.6. The molecule has 2 aromatic rings. The molecular weight excluding hydrogens is 404 g/mol. The third-order valence-corrected chi connectivity index (χ3v) is 5.65. The lowest BCUT2D eigenvalue weighted by molar-refractivity contribution is 0.204. The maximum atomic E-state index is 12.4.